The Bertz CT molecular complexity index is 943. The van der Waals surface area contributed by atoms with Gasteiger partial charge in [-0.3, -0.25) is 9.78 Å². The molecule has 0 radical (unpaired) electrons. The van der Waals surface area contributed by atoms with Crippen molar-refractivity contribution in [3.8, 4) is 20.9 Å². The SMILES string of the molecule is O=C1CCc2c(-c3ccncc3)sc(-c3ccc(C(F)(F)F)cc3)c21. The monoisotopic (exact) mass is 359 g/mol. The molecule has 0 aliphatic heterocycles. The summed E-state index contributed by atoms with van der Waals surface area (Å²) in [5.41, 5.74) is 2.59. The normalized spacial score (nSPS) is 14.0. The Morgan fingerprint density at radius 2 is 1.52 bits per heavy atom. The molecule has 2 nitrogen and oxygen atoms in total. The molecule has 0 N–H and O–H groups in total. The third-order valence-electron chi connectivity index (χ3n) is 4.30. The molecule has 0 atom stereocenters. The third-order valence-corrected chi connectivity index (χ3v) is 5.64. The molecule has 0 saturated carbocycles. The van der Waals surface area contributed by atoms with Gasteiger partial charge in [-0.2, -0.15) is 13.2 Å². The van der Waals surface area contributed by atoms with E-state index in [-0.39, 0.29) is 5.78 Å². The number of nitrogens with zero attached hydrogens (tertiary/aromatic N) is 1. The van der Waals surface area contributed by atoms with Gasteiger partial charge in [0.1, 0.15) is 0 Å². The van der Waals surface area contributed by atoms with Crippen LogP contribution in [0.25, 0.3) is 20.9 Å². The van der Waals surface area contributed by atoms with Crippen LogP contribution in [0.15, 0.2) is 48.8 Å². The quantitative estimate of drug-likeness (QED) is 0.594. The molecule has 0 bridgehead atoms. The molecular weight excluding hydrogens is 347 g/mol. The number of fused-ring (bicyclic) bond motifs is 1. The number of carbonyl (C=O) groups is 1. The van der Waals surface area contributed by atoms with Gasteiger partial charge in [-0.05, 0) is 47.4 Å². The molecule has 25 heavy (non-hydrogen) atoms. The van der Waals surface area contributed by atoms with E-state index in [2.05, 4.69) is 4.98 Å². The van der Waals surface area contributed by atoms with E-state index in [4.69, 9.17) is 0 Å². The Balaban J connectivity index is 1.85. The fraction of sp³-hybridized carbons (Fsp3) is 0.158. The maximum atomic E-state index is 12.8. The predicted octanol–water partition coefficient (Wildman–Crippen LogP) is 5.62. The standard InChI is InChI=1S/C19H12F3NOS/c20-19(21,22)13-3-1-11(2-4-13)18-16-14(5-6-15(16)24)17(25-18)12-7-9-23-10-8-12/h1-4,7-10H,5-6H2. The van der Waals surface area contributed by atoms with Crippen LogP contribution in [0.1, 0.15) is 27.9 Å². The van der Waals surface area contributed by atoms with E-state index in [1.165, 1.54) is 23.5 Å². The molecule has 3 aromatic rings. The number of Topliss-reactive ketones (excluding diaryl/α,β-unsaturated/α-hetero) is 1. The number of hydrogen-bond acceptors (Lipinski definition) is 3. The lowest BCUT2D eigenvalue weighted by Gasteiger charge is -2.07. The second-order valence-electron chi connectivity index (χ2n) is 5.85. The third kappa shape index (κ3) is 2.76. The van der Waals surface area contributed by atoms with E-state index in [9.17, 15) is 18.0 Å². The van der Waals surface area contributed by atoms with E-state index >= 15 is 0 Å². The lowest BCUT2D eigenvalue weighted by Crippen LogP contribution is -2.04. The molecule has 0 amide bonds. The van der Waals surface area contributed by atoms with Crippen LogP contribution >= 0.6 is 11.3 Å². The van der Waals surface area contributed by atoms with Crippen molar-refractivity contribution in [2.75, 3.05) is 0 Å². The molecule has 126 valence electrons. The van der Waals surface area contributed by atoms with Gasteiger partial charge in [0.25, 0.3) is 0 Å². The zero-order valence-electron chi connectivity index (χ0n) is 12.9. The summed E-state index contributed by atoms with van der Waals surface area (Å²) in [7, 11) is 0. The molecule has 4 rings (SSSR count). The first kappa shape index (κ1) is 16.0. The molecule has 1 aliphatic carbocycles. The molecule has 0 saturated heterocycles. The first-order valence-electron chi connectivity index (χ1n) is 7.72. The van der Waals surface area contributed by atoms with Gasteiger partial charge in [0.05, 0.1) is 5.56 Å². The fourth-order valence-electron chi connectivity index (χ4n) is 3.11. The lowest BCUT2D eigenvalue weighted by molar-refractivity contribution is -0.137. The number of pyridine rings is 1. The Hall–Kier alpha value is -2.47. The molecule has 2 aromatic heterocycles. The number of ketones is 1. The van der Waals surface area contributed by atoms with Crippen molar-refractivity contribution in [3.05, 3.63) is 65.5 Å². The van der Waals surface area contributed by atoms with Crippen LogP contribution in [-0.4, -0.2) is 10.8 Å². The average Bonchev–Trinajstić information content (AvgIpc) is 3.16. The topological polar surface area (TPSA) is 30.0 Å². The number of aromatic nitrogens is 1. The molecule has 0 fully saturated rings. The lowest BCUT2D eigenvalue weighted by atomic mass is 10.0. The van der Waals surface area contributed by atoms with Crippen molar-refractivity contribution < 1.29 is 18.0 Å². The summed E-state index contributed by atoms with van der Waals surface area (Å²) in [6.45, 7) is 0. The molecule has 6 heteroatoms. The van der Waals surface area contributed by atoms with Gasteiger partial charge in [0.15, 0.2) is 5.78 Å². The zero-order valence-corrected chi connectivity index (χ0v) is 13.7. The van der Waals surface area contributed by atoms with Gasteiger partial charge in [-0.1, -0.05) is 12.1 Å². The van der Waals surface area contributed by atoms with Crippen molar-refractivity contribution in [1.82, 2.24) is 4.98 Å². The highest BCUT2D eigenvalue weighted by Crippen LogP contribution is 2.46. The predicted molar refractivity (Wildman–Crippen MR) is 90.6 cm³/mol. The first-order chi connectivity index (χ1) is 11.9. The van der Waals surface area contributed by atoms with Crippen LogP contribution < -0.4 is 0 Å². The Morgan fingerprint density at radius 3 is 2.16 bits per heavy atom. The van der Waals surface area contributed by atoms with Crippen molar-refractivity contribution in [1.29, 1.82) is 0 Å². The zero-order chi connectivity index (χ0) is 17.6. The van der Waals surface area contributed by atoms with Gasteiger partial charge >= 0.3 is 6.18 Å². The average molecular weight is 359 g/mol. The van der Waals surface area contributed by atoms with Crippen LogP contribution in [0.3, 0.4) is 0 Å². The van der Waals surface area contributed by atoms with Gasteiger partial charge in [0.2, 0.25) is 0 Å². The van der Waals surface area contributed by atoms with E-state index in [1.54, 1.807) is 12.4 Å². The summed E-state index contributed by atoms with van der Waals surface area (Å²) in [5, 5.41) is 0. The van der Waals surface area contributed by atoms with E-state index in [1.807, 2.05) is 12.1 Å². The molecular formula is C19H12F3NOS. The summed E-state index contributed by atoms with van der Waals surface area (Å²) >= 11 is 1.46. The first-order valence-corrected chi connectivity index (χ1v) is 8.53. The Kier molecular flexibility index (Phi) is 3.72. The van der Waals surface area contributed by atoms with Crippen LogP contribution in [-0.2, 0) is 12.6 Å². The summed E-state index contributed by atoms with van der Waals surface area (Å²) in [4.78, 5) is 18.1. The summed E-state index contributed by atoms with van der Waals surface area (Å²) in [6, 6.07) is 8.77. The highest BCUT2D eigenvalue weighted by atomic mass is 32.1. The highest BCUT2D eigenvalue weighted by Gasteiger charge is 2.32. The number of carbonyl (C=O) groups excluding carboxylic acids is 1. The second kappa shape index (κ2) is 5.81. The maximum absolute atomic E-state index is 12.8. The number of rotatable bonds is 2. The molecule has 1 aromatic carbocycles. The van der Waals surface area contributed by atoms with Gasteiger partial charge in [-0.25, -0.2) is 0 Å². The minimum absolute atomic E-state index is 0.0569. The Labute approximate surface area is 146 Å². The van der Waals surface area contributed by atoms with Crippen LogP contribution in [0.4, 0.5) is 13.2 Å². The van der Waals surface area contributed by atoms with Crippen molar-refractivity contribution >= 4 is 17.1 Å². The van der Waals surface area contributed by atoms with Crippen molar-refractivity contribution in [2.45, 2.75) is 19.0 Å². The number of halogens is 3. The molecule has 0 spiro atoms. The van der Waals surface area contributed by atoms with Crippen LogP contribution in [0.5, 0.6) is 0 Å². The molecule has 0 unspecified atom stereocenters. The van der Waals surface area contributed by atoms with Crippen LogP contribution in [0.2, 0.25) is 0 Å². The van der Waals surface area contributed by atoms with Gasteiger partial charge in [0, 0.05) is 34.1 Å². The smallest absolute Gasteiger partial charge is 0.294 e. The number of hydrogen-bond donors (Lipinski definition) is 0. The summed E-state index contributed by atoms with van der Waals surface area (Å²) in [5.74, 6) is 0.0569. The van der Waals surface area contributed by atoms with Crippen molar-refractivity contribution in [3.63, 3.8) is 0 Å². The summed E-state index contributed by atoms with van der Waals surface area (Å²) in [6.07, 6.45) is 0.132. The Morgan fingerprint density at radius 1 is 0.880 bits per heavy atom. The highest BCUT2D eigenvalue weighted by molar-refractivity contribution is 7.19. The largest absolute Gasteiger partial charge is 0.416 e. The second-order valence-corrected chi connectivity index (χ2v) is 6.87. The van der Waals surface area contributed by atoms with Crippen molar-refractivity contribution in [2.24, 2.45) is 0 Å². The van der Waals surface area contributed by atoms with E-state index in [0.717, 1.165) is 33.0 Å². The maximum Gasteiger partial charge on any atom is 0.416 e. The van der Waals surface area contributed by atoms with E-state index in [0.29, 0.717) is 24.0 Å². The van der Waals surface area contributed by atoms with Gasteiger partial charge in [-0.15, -0.1) is 11.3 Å². The fourth-order valence-corrected chi connectivity index (χ4v) is 4.49. The number of thiophene rings is 1. The van der Waals surface area contributed by atoms with Crippen LogP contribution in [0, 0.1) is 0 Å². The summed E-state index contributed by atoms with van der Waals surface area (Å²) < 4.78 is 38.3. The van der Waals surface area contributed by atoms with Gasteiger partial charge < -0.3 is 0 Å². The molecule has 2 heterocycles. The minimum atomic E-state index is -4.37. The van der Waals surface area contributed by atoms with E-state index < -0.39 is 11.7 Å². The number of benzene rings is 1. The molecule has 1 aliphatic rings. The number of alkyl halides is 3. The minimum Gasteiger partial charge on any atom is -0.294 e.